The topological polar surface area (TPSA) is 77.9 Å². The van der Waals surface area contributed by atoms with E-state index in [1.807, 2.05) is 50.2 Å². The van der Waals surface area contributed by atoms with Crippen LogP contribution in [0.2, 0.25) is 0 Å². The highest BCUT2D eigenvalue weighted by Gasteiger charge is 2.40. The Kier molecular flexibility index (Phi) is 6.87. The first-order valence-corrected chi connectivity index (χ1v) is 10.3. The van der Waals surface area contributed by atoms with Gasteiger partial charge in [-0.25, -0.2) is 4.79 Å². The molecule has 1 N–H and O–H groups in total. The molecule has 1 aliphatic heterocycles. The molecule has 30 heavy (non-hydrogen) atoms. The molecule has 158 valence electrons. The van der Waals surface area contributed by atoms with Gasteiger partial charge in [0.2, 0.25) is 5.91 Å². The zero-order chi connectivity index (χ0) is 21.7. The van der Waals surface area contributed by atoms with Crippen LogP contribution in [0.3, 0.4) is 0 Å². The van der Waals surface area contributed by atoms with E-state index < -0.39 is 12.0 Å². The minimum absolute atomic E-state index is 0.118. The molecule has 1 heterocycles. The standard InChI is InChI=1S/C24H28N2O4/c1-17(2)13-21(24(29)30)26-15-20(14-18-9-5-3-6-10-18)25(16-22(26)27)23(28)19-11-7-4-8-12-19/h3-12,17,20-21H,13-16H2,1-2H3,(H,29,30)/t20-,21+/m1/s1. The van der Waals surface area contributed by atoms with E-state index in [0.29, 0.717) is 18.4 Å². The van der Waals surface area contributed by atoms with E-state index in [2.05, 4.69) is 0 Å². The van der Waals surface area contributed by atoms with Crippen LogP contribution in [0.15, 0.2) is 60.7 Å². The molecule has 0 bridgehead atoms. The number of hydrogen-bond acceptors (Lipinski definition) is 3. The van der Waals surface area contributed by atoms with Gasteiger partial charge < -0.3 is 14.9 Å². The van der Waals surface area contributed by atoms with Gasteiger partial charge in [-0.15, -0.1) is 0 Å². The first kappa shape index (κ1) is 21.6. The van der Waals surface area contributed by atoms with Gasteiger partial charge >= 0.3 is 5.97 Å². The average Bonchev–Trinajstić information content (AvgIpc) is 2.74. The maximum Gasteiger partial charge on any atom is 0.326 e. The van der Waals surface area contributed by atoms with Crippen LogP contribution < -0.4 is 0 Å². The van der Waals surface area contributed by atoms with Gasteiger partial charge in [0.1, 0.15) is 12.6 Å². The van der Waals surface area contributed by atoms with Gasteiger partial charge in [-0.2, -0.15) is 0 Å². The Bertz CT molecular complexity index is 883. The van der Waals surface area contributed by atoms with Gasteiger partial charge in [0, 0.05) is 12.1 Å². The van der Waals surface area contributed by atoms with Gasteiger partial charge in [0.15, 0.2) is 0 Å². The SMILES string of the molecule is CC(C)C[C@@H](C(=O)O)N1C[C@@H](Cc2ccccc2)N(C(=O)c2ccccc2)CC1=O. The number of hydrogen-bond donors (Lipinski definition) is 1. The number of carbonyl (C=O) groups excluding carboxylic acids is 2. The fraction of sp³-hybridized carbons (Fsp3) is 0.375. The zero-order valence-electron chi connectivity index (χ0n) is 17.4. The third-order valence-electron chi connectivity index (χ3n) is 5.43. The van der Waals surface area contributed by atoms with Crippen LogP contribution >= 0.6 is 0 Å². The summed E-state index contributed by atoms with van der Waals surface area (Å²) < 4.78 is 0. The maximum atomic E-state index is 13.2. The highest BCUT2D eigenvalue weighted by Crippen LogP contribution is 2.23. The smallest absolute Gasteiger partial charge is 0.326 e. The number of amides is 2. The maximum absolute atomic E-state index is 13.2. The highest BCUT2D eigenvalue weighted by molar-refractivity contribution is 5.98. The van der Waals surface area contributed by atoms with Crippen molar-refractivity contribution in [1.82, 2.24) is 9.80 Å². The van der Waals surface area contributed by atoms with Crippen LogP contribution in [0.4, 0.5) is 0 Å². The fourth-order valence-electron chi connectivity index (χ4n) is 3.95. The number of benzene rings is 2. The molecule has 0 aromatic heterocycles. The molecule has 0 spiro atoms. The Labute approximate surface area is 177 Å². The predicted molar refractivity (Wildman–Crippen MR) is 114 cm³/mol. The summed E-state index contributed by atoms with van der Waals surface area (Å²) in [5.74, 6) is -1.40. The largest absolute Gasteiger partial charge is 0.480 e. The number of nitrogens with zero attached hydrogens (tertiary/aromatic N) is 2. The van der Waals surface area contributed by atoms with Crippen molar-refractivity contribution in [2.24, 2.45) is 5.92 Å². The first-order valence-electron chi connectivity index (χ1n) is 10.3. The van der Waals surface area contributed by atoms with E-state index >= 15 is 0 Å². The second-order valence-corrected chi connectivity index (χ2v) is 8.17. The fourth-order valence-corrected chi connectivity index (χ4v) is 3.95. The lowest BCUT2D eigenvalue weighted by Crippen LogP contribution is -2.62. The Morgan fingerprint density at radius 2 is 1.63 bits per heavy atom. The van der Waals surface area contributed by atoms with Gasteiger partial charge in [-0.05, 0) is 36.5 Å². The molecule has 3 rings (SSSR count). The van der Waals surface area contributed by atoms with E-state index in [0.717, 1.165) is 5.56 Å². The van der Waals surface area contributed by atoms with Crippen molar-refractivity contribution < 1.29 is 19.5 Å². The minimum Gasteiger partial charge on any atom is -0.480 e. The molecule has 2 atom stereocenters. The molecule has 6 nitrogen and oxygen atoms in total. The monoisotopic (exact) mass is 408 g/mol. The van der Waals surface area contributed by atoms with E-state index in [4.69, 9.17) is 0 Å². The van der Waals surface area contributed by atoms with E-state index in [9.17, 15) is 19.5 Å². The van der Waals surface area contributed by atoms with Crippen LogP contribution in [0.1, 0.15) is 36.2 Å². The van der Waals surface area contributed by atoms with Crippen molar-refractivity contribution in [1.29, 1.82) is 0 Å². The summed E-state index contributed by atoms with van der Waals surface area (Å²) in [6, 6.07) is 17.5. The highest BCUT2D eigenvalue weighted by atomic mass is 16.4. The van der Waals surface area contributed by atoms with Crippen LogP contribution in [0.5, 0.6) is 0 Å². The number of carboxylic acid groups (broad SMARTS) is 1. The summed E-state index contributed by atoms with van der Waals surface area (Å²) in [5.41, 5.74) is 1.56. The molecule has 6 heteroatoms. The Balaban J connectivity index is 1.90. The van der Waals surface area contributed by atoms with Crippen molar-refractivity contribution in [3.63, 3.8) is 0 Å². The molecular formula is C24H28N2O4. The molecule has 0 unspecified atom stereocenters. The quantitative estimate of drug-likeness (QED) is 0.764. The number of carbonyl (C=O) groups is 3. The lowest BCUT2D eigenvalue weighted by molar-refractivity contribution is -0.154. The summed E-state index contributed by atoms with van der Waals surface area (Å²) in [4.78, 5) is 41.1. The van der Waals surface area contributed by atoms with Crippen molar-refractivity contribution >= 4 is 17.8 Å². The van der Waals surface area contributed by atoms with Crippen LogP contribution in [0.25, 0.3) is 0 Å². The summed E-state index contributed by atoms with van der Waals surface area (Å²) >= 11 is 0. The molecule has 2 aromatic carbocycles. The second kappa shape index (κ2) is 9.57. The summed E-state index contributed by atoms with van der Waals surface area (Å²) in [7, 11) is 0. The van der Waals surface area contributed by atoms with E-state index in [1.54, 1.807) is 29.2 Å². The van der Waals surface area contributed by atoms with Gasteiger partial charge in [-0.1, -0.05) is 62.4 Å². The minimum atomic E-state index is -1.00. The Morgan fingerprint density at radius 3 is 2.20 bits per heavy atom. The van der Waals surface area contributed by atoms with Crippen molar-refractivity contribution in [2.75, 3.05) is 13.1 Å². The van der Waals surface area contributed by atoms with Gasteiger partial charge in [-0.3, -0.25) is 9.59 Å². The van der Waals surface area contributed by atoms with Crippen LogP contribution in [0, 0.1) is 5.92 Å². The predicted octanol–water partition coefficient (Wildman–Crippen LogP) is 3.08. The zero-order valence-corrected chi connectivity index (χ0v) is 17.4. The molecule has 2 amide bonds. The summed E-state index contributed by atoms with van der Waals surface area (Å²) in [5, 5.41) is 9.75. The van der Waals surface area contributed by atoms with Crippen molar-refractivity contribution in [2.45, 2.75) is 38.8 Å². The Hall–Kier alpha value is -3.15. The van der Waals surface area contributed by atoms with E-state index in [1.165, 1.54) is 4.90 Å². The third-order valence-corrected chi connectivity index (χ3v) is 5.43. The van der Waals surface area contributed by atoms with Crippen LogP contribution in [-0.2, 0) is 16.0 Å². The van der Waals surface area contributed by atoms with Gasteiger partial charge in [0.25, 0.3) is 5.91 Å². The van der Waals surface area contributed by atoms with Crippen molar-refractivity contribution in [3.05, 3.63) is 71.8 Å². The average molecular weight is 408 g/mol. The molecular weight excluding hydrogens is 380 g/mol. The van der Waals surface area contributed by atoms with Gasteiger partial charge in [0.05, 0.1) is 6.04 Å². The molecule has 1 aliphatic rings. The number of rotatable bonds is 7. The third kappa shape index (κ3) is 5.06. The number of aliphatic carboxylic acids is 1. The summed E-state index contributed by atoms with van der Waals surface area (Å²) in [6.45, 7) is 3.97. The second-order valence-electron chi connectivity index (χ2n) is 8.17. The van der Waals surface area contributed by atoms with Crippen LogP contribution in [-0.4, -0.2) is 57.9 Å². The molecule has 0 saturated carbocycles. The molecule has 1 fully saturated rings. The lowest BCUT2D eigenvalue weighted by atomic mass is 9.96. The molecule has 1 saturated heterocycles. The molecule has 2 aromatic rings. The normalized spacial score (nSPS) is 17.8. The number of carboxylic acids is 1. The summed E-state index contributed by atoms with van der Waals surface area (Å²) in [6.07, 6.45) is 0.934. The van der Waals surface area contributed by atoms with Crippen molar-refractivity contribution in [3.8, 4) is 0 Å². The Morgan fingerprint density at radius 1 is 1.03 bits per heavy atom. The lowest BCUT2D eigenvalue weighted by Gasteiger charge is -2.43. The molecule has 0 aliphatic carbocycles. The first-order chi connectivity index (χ1) is 14.4. The number of piperazine rings is 1. The van der Waals surface area contributed by atoms with E-state index in [-0.39, 0.29) is 36.9 Å². The molecule has 0 radical (unpaired) electrons.